The van der Waals surface area contributed by atoms with Crippen molar-refractivity contribution in [2.45, 2.75) is 38.5 Å². The van der Waals surface area contributed by atoms with Crippen LogP contribution in [0.4, 0.5) is 0 Å². The van der Waals surface area contributed by atoms with Crippen LogP contribution in [0.15, 0.2) is 24.3 Å². The molecule has 1 aliphatic carbocycles. The van der Waals surface area contributed by atoms with E-state index in [4.69, 9.17) is 16.3 Å². The minimum atomic E-state index is -0.279. The second-order valence-electron chi connectivity index (χ2n) is 5.28. The van der Waals surface area contributed by atoms with Crippen LogP contribution in [0, 0.1) is 5.92 Å². The molecular formula is C16H19ClO3. The van der Waals surface area contributed by atoms with Gasteiger partial charge >= 0.3 is 5.97 Å². The molecule has 0 saturated heterocycles. The number of rotatable bonds is 6. The zero-order valence-corrected chi connectivity index (χ0v) is 12.2. The molecule has 20 heavy (non-hydrogen) atoms. The highest BCUT2D eigenvalue weighted by atomic mass is 35.5. The van der Waals surface area contributed by atoms with E-state index in [1.165, 1.54) is 25.7 Å². The molecule has 0 aliphatic heterocycles. The van der Waals surface area contributed by atoms with Crippen molar-refractivity contribution in [3.8, 4) is 0 Å². The van der Waals surface area contributed by atoms with Crippen LogP contribution in [0.25, 0.3) is 0 Å². The van der Waals surface area contributed by atoms with E-state index in [9.17, 15) is 9.59 Å². The fraction of sp³-hybridized carbons (Fsp3) is 0.500. The van der Waals surface area contributed by atoms with Crippen LogP contribution in [0.3, 0.4) is 0 Å². The highest BCUT2D eigenvalue weighted by Gasteiger charge is 2.17. The Kier molecular flexibility index (Phi) is 5.60. The molecule has 0 atom stereocenters. The van der Waals surface area contributed by atoms with Gasteiger partial charge in [-0.25, -0.2) is 0 Å². The number of halogens is 1. The van der Waals surface area contributed by atoms with Crippen molar-refractivity contribution in [1.82, 2.24) is 0 Å². The first-order chi connectivity index (χ1) is 9.65. The first-order valence-corrected chi connectivity index (χ1v) is 7.47. The lowest BCUT2D eigenvalue weighted by Crippen LogP contribution is -2.14. The van der Waals surface area contributed by atoms with Crippen LogP contribution in [-0.2, 0) is 9.53 Å². The van der Waals surface area contributed by atoms with E-state index in [2.05, 4.69) is 0 Å². The molecule has 2 rings (SSSR count). The summed E-state index contributed by atoms with van der Waals surface area (Å²) in [4.78, 5) is 23.4. The van der Waals surface area contributed by atoms with Gasteiger partial charge in [0.25, 0.3) is 0 Å². The molecule has 1 aromatic rings. The molecule has 0 unspecified atom stereocenters. The van der Waals surface area contributed by atoms with Gasteiger partial charge in [0.1, 0.15) is 0 Å². The lowest BCUT2D eigenvalue weighted by molar-refractivity contribution is -0.142. The zero-order chi connectivity index (χ0) is 14.4. The van der Waals surface area contributed by atoms with Crippen molar-refractivity contribution < 1.29 is 14.3 Å². The van der Waals surface area contributed by atoms with Gasteiger partial charge in [-0.15, -0.1) is 0 Å². The molecule has 0 bridgehead atoms. The Balaban J connectivity index is 1.69. The normalized spacial score (nSPS) is 15.2. The van der Waals surface area contributed by atoms with E-state index >= 15 is 0 Å². The molecule has 1 aromatic carbocycles. The van der Waals surface area contributed by atoms with E-state index in [0.29, 0.717) is 22.9 Å². The second kappa shape index (κ2) is 7.44. The minimum Gasteiger partial charge on any atom is -0.457 e. The van der Waals surface area contributed by atoms with Crippen molar-refractivity contribution in [3.05, 3.63) is 34.9 Å². The Morgan fingerprint density at radius 1 is 1.15 bits per heavy atom. The van der Waals surface area contributed by atoms with Gasteiger partial charge < -0.3 is 4.74 Å². The van der Waals surface area contributed by atoms with Crippen LogP contribution >= 0.6 is 11.6 Å². The first-order valence-electron chi connectivity index (χ1n) is 7.09. The average Bonchev–Trinajstić information content (AvgIpc) is 2.96. The van der Waals surface area contributed by atoms with Crippen LogP contribution < -0.4 is 0 Å². The molecule has 1 aliphatic rings. The van der Waals surface area contributed by atoms with Gasteiger partial charge in [0.2, 0.25) is 0 Å². The third-order valence-electron chi connectivity index (χ3n) is 3.76. The Hall–Kier alpha value is -1.35. The maximum Gasteiger partial charge on any atom is 0.306 e. The van der Waals surface area contributed by atoms with Crippen molar-refractivity contribution in [3.63, 3.8) is 0 Å². The van der Waals surface area contributed by atoms with E-state index < -0.39 is 0 Å². The van der Waals surface area contributed by atoms with E-state index in [0.717, 1.165) is 6.42 Å². The summed E-state index contributed by atoms with van der Waals surface area (Å²) in [7, 11) is 0. The van der Waals surface area contributed by atoms with Crippen LogP contribution in [-0.4, -0.2) is 18.4 Å². The van der Waals surface area contributed by atoms with Crippen LogP contribution in [0.2, 0.25) is 5.02 Å². The number of Topliss-reactive ketones (excluding diaryl/α,β-unsaturated/α-hetero) is 1. The lowest BCUT2D eigenvalue weighted by atomic mass is 10.0. The Morgan fingerprint density at radius 3 is 2.45 bits per heavy atom. The van der Waals surface area contributed by atoms with E-state index in [1.54, 1.807) is 24.3 Å². The van der Waals surface area contributed by atoms with E-state index in [1.807, 2.05) is 0 Å². The second-order valence-corrected chi connectivity index (χ2v) is 5.72. The molecule has 0 N–H and O–H groups in total. The third kappa shape index (κ3) is 4.64. The third-order valence-corrected chi connectivity index (χ3v) is 4.01. The predicted molar refractivity (Wildman–Crippen MR) is 77.9 cm³/mol. The summed E-state index contributed by atoms with van der Waals surface area (Å²) in [5.74, 6) is 0.185. The van der Waals surface area contributed by atoms with Crippen molar-refractivity contribution >= 4 is 23.4 Å². The van der Waals surface area contributed by atoms with Crippen molar-refractivity contribution in [2.24, 2.45) is 5.92 Å². The Morgan fingerprint density at radius 2 is 1.80 bits per heavy atom. The number of hydrogen-bond acceptors (Lipinski definition) is 3. The van der Waals surface area contributed by atoms with Gasteiger partial charge in [-0.2, -0.15) is 0 Å². The molecule has 0 amide bonds. The lowest BCUT2D eigenvalue weighted by Gasteiger charge is -2.08. The molecule has 0 heterocycles. The number of ether oxygens (including phenoxy) is 1. The molecule has 108 valence electrons. The first kappa shape index (κ1) is 15.0. The summed E-state index contributed by atoms with van der Waals surface area (Å²) in [6, 6.07) is 6.57. The SMILES string of the molecule is O=C(CCC1CCCC1)OCC(=O)c1ccc(Cl)cc1. The topological polar surface area (TPSA) is 43.4 Å². The smallest absolute Gasteiger partial charge is 0.306 e. The fourth-order valence-corrected chi connectivity index (χ4v) is 2.68. The summed E-state index contributed by atoms with van der Waals surface area (Å²) in [5.41, 5.74) is 0.512. The molecule has 4 heteroatoms. The van der Waals surface area contributed by atoms with E-state index in [-0.39, 0.29) is 18.4 Å². The van der Waals surface area contributed by atoms with Gasteiger partial charge in [-0.05, 0) is 36.6 Å². The summed E-state index contributed by atoms with van der Waals surface area (Å²) in [6.45, 7) is -0.189. The highest BCUT2D eigenvalue weighted by molar-refractivity contribution is 6.30. The Bertz CT molecular complexity index is 461. The van der Waals surface area contributed by atoms with Gasteiger partial charge in [0, 0.05) is 17.0 Å². The largest absolute Gasteiger partial charge is 0.457 e. The summed E-state index contributed by atoms with van der Waals surface area (Å²) >= 11 is 5.75. The summed E-state index contributed by atoms with van der Waals surface area (Å²) in [6.07, 6.45) is 6.28. The highest BCUT2D eigenvalue weighted by Crippen LogP contribution is 2.28. The monoisotopic (exact) mass is 294 g/mol. The molecule has 0 radical (unpaired) electrons. The molecule has 0 aromatic heterocycles. The molecule has 3 nitrogen and oxygen atoms in total. The van der Waals surface area contributed by atoms with Gasteiger partial charge in [-0.1, -0.05) is 37.3 Å². The average molecular weight is 295 g/mol. The number of esters is 1. The minimum absolute atomic E-state index is 0.189. The van der Waals surface area contributed by atoms with Crippen LogP contribution in [0.1, 0.15) is 48.9 Å². The predicted octanol–water partition coefficient (Wildman–Crippen LogP) is 4.04. The molecular weight excluding hydrogens is 276 g/mol. The number of hydrogen-bond donors (Lipinski definition) is 0. The van der Waals surface area contributed by atoms with Crippen molar-refractivity contribution in [1.29, 1.82) is 0 Å². The number of carbonyl (C=O) groups excluding carboxylic acids is 2. The maximum atomic E-state index is 11.8. The molecule has 0 spiro atoms. The molecule has 1 fully saturated rings. The number of ketones is 1. The van der Waals surface area contributed by atoms with Gasteiger partial charge in [0.05, 0.1) is 0 Å². The summed E-state index contributed by atoms with van der Waals surface area (Å²) < 4.78 is 5.03. The van der Waals surface area contributed by atoms with Gasteiger partial charge in [-0.3, -0.25) is 9.59 Å². The van der Waals surface area contributed by atoms with Crippen molar-refractivity contribution in [2.75, 3.05) is 6.61 Å². The quantitative estimate of drug-likeness (QED) is 0.587. The Labute approximate surface area is 124 Å². The zero-order valence-electron chi connectivity index (χ0n) is 11.4. The maximum absolute atomic E-state index is 11.8. The number of carbonyl (C=O) groups is 2. The molecule has 1 saturated carbocycles. The van der Waals surface area contributed by atoms with Crippen LogP contribution in [0.5, 0.6) is 0 Å². The van der Waals surface area contributed by atoms with Gasteiger partial charge in [0.15, 0.2) is 12.4 Å². The number of benzene rings is 1. The standard InChI is InChI=1S/C16H19ClO3/c17-14-8-6-13(7-9-14)15(18)11-20-16(19)10-5-12-3-1-2-4-12/h6-9,12H,1-5,10-11H2. The fourth-order valence-electron chi connectivity index (χ4n) is 2.56. The summed E-state index contributed by atoms with van der Waals surface area (Å²) in [5, 5.41) is 0.579.